The van der Waals surface area contributed by atoms with E-state index in [9.17, 15) is 0 Å². The molecule has 0 atom stereocenters. The van der Waals surface area contributed by atoms with E-state index in [4.69, 9.17) is 5.26 Å². The van der Waals surface area contributed by atoms with Crippen LogP contribution in [0.15, 0.2) is 30.5 Å². The number of hydrogen-bond donors (Lipinski definition) is 2. The van der Waals surface area contributed by atoms with Crippen LogP contribution >= 0.6 is 0 Å². The fraction of sp³-hybridized carbons (Fsp3) is 0.444. The Morgan fingerprint density at radius 1 is 1.17 bits per heavy atom. The van der Waals surface area contributed by atoms with E-state index in [2.05, 4.69) is 45.0 Å². The van der Waals surface area contributed by atoms with Crippen LogP contribution in [0.4, 0.5) is 5.69 Å². The first-order valence-electron chi connectivity index (χ1n) is 8.53. The number of unbranched alkanes of at least 4 members (excludes halogenated alkanes) is 5. The number of hydrogen-bond acceptors (Lipinski definition) is 5. The standard InChI is InChI=1S/C18H24N6/c1-2-3-4-5-6-7-8-15-9-11-17(12-10-15)20-14-16(13-19)18-21-23-24-22-18/h9-12,14,20H,2-8H2,1H3,(H,21,22,23,24). The first-order chi connectivity index (χ1) is 11.8. The molecule has 0 fully saturated rings. The molecule has 2 N–H and O–H groups in total. The molecule has 6 nitrogen and oxygen atoms in total. The van der Waals surface area contributed by atoms with Crippen molar-refractivity contribution >= 4 is 11.3 Å². The molecule has 0 saturated carbocycles. The van der Waals surface area contributed by atoms with Gasteiger partial charge in [0, 0.05) is 11.9 Å². The Hall–Kier alpha value is -2.68. The average molecular weight is 324 g/mol. The van der Waals surface area contributed by atoms with Gasteiger partial charge >= 0.3 is 0 Å². The zero-order chi connectivity index (χ0) is 17.0. The Bertz CT molecular complexity index is 652. The van der Waals surface area contributed by atoms with Crippen molar-refractivity contribution in [2.75, 3.05) is 5.32 Å². The van der Waals surface area contributed by atoms with Gasteiger partial charge in [-0.2, -0.15) is 10.5 Å². The van der Waals surface area contributed by atoms with E-state index in [1.54, 1.807) is 6.20 Å². The number of nitrogens with one attached hydrogen (secondary N) is 2. The second-order valence-corrected chi connectivity index (χ2v) is 5.76. The average Bonchev–Trinajstić information content (AvgIpc) is 3.14. The van der Waals surface area contributed by atoms with Gasteiger partial charge in [0.1, 0.15) is 11.6 Å². The van der Waals surface area contributed by atoms with Crippen LogP contribution in [0.3, 0.4) is 0 Å². The van der Waals surface area contributed by atoms with Crippen LogP contribution in [0.1, 0.15) is 56.8 Å². The highest BCUT2D eigenvalue weighted by Crippen LogP contribution is 2.14. The summed E-state index contributed by atoms with van der Waals surface area (Å²) in [5.74, 6) is 0.282. The minimum absolute atomic E-state index is 0.282. The van der Waals surface area contributed by atoms with E-state index in [-0.39, 0.29) is 5.82 Å². The zero-order valence-corrected chi connectivity index (χ0v) is 14.1. The molecule has 1 aromatic carbocycles. The predicted octanol–water partition coefficient (Wildman–Crippen LogP) is 4.08. The van der Waals surface area contributed by atoms with Gasteiger partial charge in [-0.15, -0.1) is 10.2 Å². The van der Waals surface area contributed by atoms with Gasteiger partial charge in [-0.25, -0.2) is 0 Å². The largest absolute Gasteiger partial charge is 0.360 e. The van der Waals surface area contributed by atoms with Gasteiger partial charge < -0.3 is 5.32 Å². The lowest BCUT2D eigenvalue weighted by atomic mass is 10.0. The van der Waals surface area contributed by atoms with Gasteiger partial charge in [-0.1, -0.05) is 51.2 Å². The molecule has 0 radical (unpaired) electrons. The number of aromatic nitrogens is 4. The van der Waals surface area contributed by atoms with Crippen LogP contribution in [0.5, 0.6) is 0 Å². The third kappa shape index (κ3) is 5.84. The van der Waals surface area contributed by atoms with E-state index in [1.807, 2.05) is 18.2 Å². The van der Waals surface area contributed by atoms with Gasteiger partial charge in [-0.05, 0) is 35.8 Å². The number of allylic oxidation sites excluding steroid dienone is 1. The van der Waals surface area contributed by atoms with E-state index < -0.39 is 0 Å². The molecule has 0 saturated heterocycles. The summed E-state index contributed by atoms with van der Waals surface area (Å²) in [6.45, 7) is 2.24. The summed E-state index contributed by atoms with van der Waals surface area (Å²) in [4.78, 5) is 0. The molecule has 2 rings (SSSR count). The highest BCUT2D eigenvalue weighted by molar-refractivity contribution is 5.73. The molecule has 0 amide bonds. The summed E-state index contributed by atoms with van der Waals surface area (Å²) < 4.78 is 0. The topological polar surface area (TPSA) is 90.3 Å². The van der Waals surface area contributed by atoms with Gasteiger partial charge in [0.05, 0.1) is 0 Å². The highest BCUT2D eigenvalue weighted by atomic mass is 15.5. The number of H-pyrrole nitrogens is 1. The summed E-state index contributed by atoms with van der Waals surface area (Å²) in [6, 6.07) is 10.3. The lowest BCUT2D eigenvalue weighted by Gasteiger charge is -2.05. The number of aromatic amines is 1. The Labute approximate surface area is 143 Å². The number of benzene rings is 1. The van der Waals surface area contributed by atoms with Crippen molar-refractivity contribution in [3.8, 4) is 6.07 Å². The Kier molecular flexibility index (Phi) is 7.48. The Morgan fingerprint density at radius 3 is 2.58 bits per heavy atom. The molecule has 0 bridgehead atoms. The first-order valence-corrected chi connectivity index (χ1v) is 8.53. The van der Waals surface area contributed by atoms with Crippen LogP contribution in [-0.4, -0.2) is 20.6 Å². The summed E-state index contributed by atoms with van der Waals surface area (Å²) in [7, 11) is 0. The van der Waals surface area contributed by atoms with Gasteiger partial charge in [0.25, 0.3) is 0 Å². The molecule has 24 heavy (non-hydrogen) atoms. The van der Waals surface area contributed by atoms with E-state index in [1.165, 1.54) is 44.1 Å². The molecule has 1 heterocycles. The summed E-state index contributed by atoms with van der Waals surface area (Å²) >= 11 is 0. The van der Waals surface area contributed by atoms with E-state index in [0.717, 1.165) is 12.1 Å². The van der Waals surface area contributed by atoms with Gasteiger partial charge in [0.15, 0.2) is 0 Å². The molecular weight excluding hydrogens is 300 g/mol. The molecule has 0 aliphatic heterocycles. The lowest BCUT2D eigenvalue weighted by molar-refractivity contribution is 0.607. The van der Waals surface area contributed by atoms with Crippen molar-refractivity contribution in [3.05, 3.63) is 41.9 Å². The van der Waals surface area contributed by atoms with Crippen molar-refractivity contribution in [1.82, 2.24) is 20.6 Å². The van der Waals surface area contributed by atoms with Crippen LogP contribution in [0.25, 0.3) is 5.57 Å². The van der Waals surface area contributed by atoms with E-state index >= 15 is 0 Å². The van der Waals surface area contributed by atoms with E-state index in [0.29, 0.717) is 5.57 Å². The molecule has 126 valence electrons. The number of nitriles is 1. The second kappa shape index (κ2) is 10.2. The Balaban J connectivity index is 1.78. The molecule has 2 aromatic rings. The fourth-order valence-electron chi connectivity index (χ4n) is 2.46. The van der Waals surface area contributed by atoms with Gasteiger partial charge in [0.2, 0.25) is 5.82 Å². The van der Waals surface area contributed by atoms with Crippen molar-refractivity contribution in [2.24, 2.45) is 0 Å². The smallest absolute Gasteiger partial charge is 0.216 e. The molecule has 0 unspecified atom stereocenters. The quantitative estimate of drug-likeness (QED) is 0.507. The third-order valence-electron chi connectivity index (χ3n) is 3.86. The summed E-state index contributed by atoms with van der Waals surface area (Å²) in [5.41, 5.74) is 2.61. The van der Waals surface area contributed by atoms with Crippen LogP contribution < -0.4 is 5.32 Å². The highest BCUT2D eigenvalue weighted by Gasteiger charge is 2.05. The third-order valence-corrected chi connectivity index (χ3v) is 3.86. The number of anilines is 1. The van der Waals surface area contributed by atoms with Crippen LogP contribution in [0.2, 0.25) is 0 Å². The number of nitrogens with zero attached hydrogens (tertiary/aromatic N) is 4. The van der Waals surface area contributed by atoms with Crippen molar-refractivity contribution < 1.29 is 0 Å². The maximum atomic E-state index is 9.11. The predicted molar refractivity (Wildman–Crippen MR) is 94.9 cm³/mol. The van der Waals surface area contributed by atoms with Gasteiger partial charge in [-0.3, -0.25) is 0 Å². The molecule has 0 aliphatic rings. The number of aryl methyl sites for hydroxylation is 1. The summed E-state index contributed by atoms with van der Waals surface area (Å²) in [6.07, 6.45) is 10.6. The number of rotatable bonds is 10. The van der Waals surface area contributed by atoms with Crippen molar-refractivity contribution in [1.29, 1.82) is 5.26 Å². The minimum atomic E-state index is 0.282. The monoisotopic (exact) mass is 324 g/mol. The SMILES string of the molecule is CCCCCCCCc1ccc(NC=C(C#N)c2nn[nH]n2)cc1. The second-order valence-electron chi connectivity index (χ2n) is 5.76. The number of tetrazole rings is 1. The maximum absolute atomic E-state index is 9.11. The first kappa shape index (κ1) is 17.7. The normalized spacial score (nSPS) is 11.2. The minimum Gasteiger partial charge on any atom is -0.360 e. The lowest BCUT2D eigenvalue weighted by Crippen LogP contribution is -1.93. The summed E-state index contributed by atoms with van der Waals surface area (Å²) in [5, 5.41) is 25.6. The molecular formula is C18H24N6. The Morgan fingerprint density at radius 2 is 1.92 bits per heavy atom. The van der Waals surface area contributed by atoms with Crippen molar-refractivity contribution in [2.45, 2.75) is 51.9 Å². The molecule has 0 spiro atoms. The zero-order valence-electron chi connectivity index (χ0n) is 14.1. The van der Waals surface area contributed by atoms with Crippen molar-refractivity contribution in [3.63, 3.8) is 0 Å². The van der Waals surface area contributed by atoms with Crippen LogP contribution in [-0.2, 0) is 6.42 Å². The van der Waals surface area contributed by atoms with Crippen LogP contribution in [0, 0.1) is 11.3 Å². The molecule has 0 aliphatic carbocycles. The maximum Gasteiger partial charge on any atom is 0.216 e. The molecule has 1 aromatic heterocycles. The molecule has 6 heteroatoms. The fourth-order valence-corrected chi connectivity index (χ4v) is 2.46.